The number of nitriles is 1. The molecule has 0 atom stereocenters. The number of unbranched alkanes of at least 4 members (excludes halogenated alkanes) is 1. The number of thiol groups is 1. The zero-order valence-corrected chi connectivity index (χ0v) is 15.3. The number of pyridine rings is 2. The zero-order chi connectivity index (χ0) is 18.7. The van der Waals surface area contributed by atoms with Crippen molar-refractivity contribution in [2.24, 2.45) is 0 Å². The number of ether oxygens (including phenoxy) is 1. The SMILES string of the molecule is CC(C)(F)c1cc2nc(-c3ncc(OCCCC#N)cc3S)[nH]c2cn1. The summed E-state index contributed by atoms with van der Waals surface area (Å²) in [6.45, 7) is 3.36. The first kappa shape index (κ1) is 18.1. The smallest absolute Gasteiger partial charge is 0.158 e. The summed E-state index contributed by atoms with van der Waals surface area (Å²) in [5, 5.41) is 8.53. The Hall–Kier alpha value is -2.66. The highest BCUT2D eigenvalue weighted by Gasteiger charge is 2.22. The second-order valence-corrected chi connectivity index (χ2v) is 6.78. The number of aromatic nitrogens is 4. The minimum Gasteiger partial charge on any atom is -0.492 e. The van der Waals surface area contributed by atoms with Crippen LogP contribution in [0.1, 0.15) is 32.4 Å². The van der Waals surface area contributed by atoms with Gasteiger partial charge in [-0.15, -0.1) is 12.6 Å². The fourth-order valence-electron chi connectivity index (χ4n) is 2.38. The van der Waals surface area contributed by atoms with E-state index in [0.29, 0.717) is 58.3 Å². The molecule has 1 N–H and O–H groups in total. The Kier molecular flexibility index (Phi) is 5.09. The van der Waals surface area contributed by atoms with Gasteiger partial charge in [0.05, 0.1) is 41.8 Å². The maximum atomic E-state index is 14.1. The lowest BCUT2D eigenvalue weighted by Crippen LogP contribution is -2.10. The molecule has 3 aromatic rings. The Morgan fingerprint density at radius 1 is 1.31 bits per heavy atom. The molecule has 3 aromatic heterocycles. The van der Waals surface area contributed by atoms with Crippen molar-refractivity contribution in [3.63, 3.8) is 0 Å². The lowest BCUT2D eigenvalue weighted by atomic mass is 10.1. The Morgan fingerprint density at radius 3 is 2.81 bits per heavy atom. The third-order valence-electron chi connectivity index (χ3n) is 3.74. The predicted octanol–water partition coefficient (Wildman–Crippen LogP) is 4.20. The van der Waals surface area contributed by atoms with Gasteiger partial charge in [0.1, 0.15) is 17.1 Å². The molecule has 3 heterocycles. The van der Waals surface area contributed by atoms with Crippen LogP contribution in [0.15, 0.2) is 29.4 Å². The largest absolute Gasteiger partial charge is 0.492 e. The van der Waals surface area contributed by atoms with Crippen LogP contribution >= 0.6 is 12.6 Å². The molecule has 0 bridgehead atoms. The van der Waals surface area contributed by atoms with Gasteiger partial charge in [-0.2, -0.15) is 5.26 Å². The van der Waals surface area contributed by atoms with Gasteiger partial charge in [0.25, 0.3) is 0 Å². The quantitative estimate of drug-likeness (QED) is 0.501. The number of halogens is 1. The molecule has 3 rings (SSSR count). The highest BCUT2D eigenvalue weighted by Crippen LogP contribution is 2.29. The van der Waals surface area contributed by atoms with Crippen LogP contribution in [0.4, 0.5) is 4.39 Å². The number of aromatic amines is 1. The van der Waals surface area contributed by atoms with Crippen LogP contribution in [0.5, 0.6) is 5.75 Å². The number of nitrogens with one attached hydrogen (secondary N) is 1. The highest BCUT2D eigenvalue weighted by molar-refractivity contribution is 7.80. The van der Waals surface area contributed by atoms with Crippen molar-refractivity contribution in [1.82, 2.24) is 19.9 Å². The Morgan fingerprint density at radius 2 is 2.12 bits per heavy atom. The number of H-pyrrole nitrogens is 1. The van der Waals surface area contributed by atoms with Crippen LogP contribution in [-0.4, -0.2) is 26.5 Å². The second kappa shape index (κ2) is 7.30. The van der Waals surface area contributed by atoms with Crippen LogP contribution < -0.4 is 4.74 Å². The Labute approximate surface area is 155 Å². The van der Waals surface area contributed by atoms with Crippen molar-refractivity contribution < 1.29 is 9.13 Å². The second-order valence-electron chi connectivity index (χ2n) is 6.29. The van der Waals surface area contributed by atoms with Gasteiger partial charge in [-0.3, -0.25) is 4.98 Å². The van der Waals surface area contributed by atoms with Gasteiger partial charge in [-0.1, -0.05) is 0 Å². The molecule has 0 unspecified atom stereocenters. The van der Waals surface area contributed by atoms with E-state index in [4.69, 9.17) is 10.00 Å². The molecule has 0 aliphatic rings. The number of hydrogen-bond acceptors (Lipinski definition) is 6. The third-order valence-corrected chi connectivity index (χ3v) is 4.09. The summed E-state index contributed by atoms with van der Waals surface area (Å²) in [5.41, 5.74) is 0.657. The van der Waals surface area contributed by atoms with E-state index in [1.807, 2.05) is 0 Å². The van der Waals surface area contributed by atoms with E-state index in [0.717, 1.165) is 0 Å². The van der Waals surface area contributed by atoms with Gasteiger partial charge < -0.3 is 9.72 Å². The molecule has 0 aliphatic carbocycles. The number of imidazole rings is 1. The monoisotopic (exact) mass is 371 g/mol. The standard InChI is InChI=1S/C18H18FN5OS/c1-18(2,19)15-8-12-13(10-21-15)24-17(23-12)16-14(26)7-11(9-22-16)25-6-4-3-5-20/h7-10,26H,3-4,6H2,1-2H3,(H,23,24). The lowest BCUT2D eigenvalue weighted by molar-refractivity contribution is 0.214. The molecule has 0 aromatic carbocycles. The van der Waals surface area contributed by atoms with E-state index in [9.17, 15) is 4.39 Å². The highest BCUT2D eigenvalue weighted by atomic mass is 32.1. The van der Waals surface area contributed by atoms with Crippen LogP contribution in [0.2, 0.25) is 0 Å². The molecule has 8 heteroatoms. The molecule has 0 spiro atoms. The molecule has 26 heavy (non-hydrogen) atoms. The van der Waals surface area contributed by atoms with E-state index < -0.39 is 5.67 Å². The third kappa shape index (κ3) is 3.94. The first-order valence-corrected chi connectivity index (χ1v) is 8.57. The summed E-state index contributed by atoms with van der Waals surface area (Å²) in [6, 6.07) is 5.44. The van der Waals surface area contributed by atoms with Gasteiger partial charge in [-0.05, 0) is 32.4 Å². The van der Waals surface area contributed by atoms with Crippen molar-refractivity contribution in [3.05, 3.63) is 30.2 Å². The number of alkyl halides is 1. The summed E-state index contributed by atoms with van der Waals surface area (Å²) < 4.78 is 19.6. The van der Waals surface area contributed by atoms with Crippen LogP contribution in [0.25, 0.3) is 22.6 Å². The zero-order valence-electron chi connectivity index (χ0n) is 14.5. The number of hydrogen-bond donors (Lipinski definition) is 2. The molecule has 0 saturated heterocycles. The Balaban J connectivity index is 1.85. The summed E-state index contributed by atoms with van der Waals surface area (Å²) in [5.74, 6) is 1.10. The van der Waals surface area contributed by atoms with Crippen LogP contribution in [0, 0.1) is 11.3 Å². The summed E-state index contributed by atoms with van der Waals surface area (Å²) >= 11 is 4.46. The van der Waals surface area contributed by atoms with Gasteiger partial charge in [-0.25, -0.2) is 14.4 Å². The average Bonchev–Trinajstić information content (AvgIpc) is 3.01. The lowest BCUT2D eigenvalue weighted by Gasteiger charge is -2.12. The van der Waals surface area contributed by atoms with E-state index in [2.05, 4.69) is 38.6 Å². The van der Waals surface area contributed by atoms with E-state index >= 15 is 0 Å². The van der Waals surface area contributed by atoms with Crippen LogP contribution in [-0.2, 0) is 5.67 Å². The molecular weight excluding hydrogens is 353 g/mol. The molecule has 0 fully saturated rings. The van der Waals surface area contributed by atoms with E-state index in [1.165, 1.54) is 13.8 Å². The first-order chi connectivity index (χ1) is 12.4. The van der Waals surface area contributed by atoms with Crippen molar-refractivity contribution in [3.8, 4) is 23.3 Å². The van der Waals surface area contributed by atoms with Gasteiger partial charge >= 0.3 is 0 Å². The first-order valence-electron chi connectivity index (χ1n) is 8.13. The van der Waals surface area contributed by atoms with Crippen molar-refractivity contribution in [2.45, 2.75) is 37.3 Å². The molecule has 0 amide bonds. The number of fused-ring (bicyclic) bond motifs is 1. The molecule has 0 aliphatic heterocycles. The van der Waals surface area contributed by atoms with Crippen LogP contribution in [0.3, 0.4) is 0 Å². The molecule has 6 nitrogen and oxygen atoms in total. The van der Waals surface area contributed by atoms with Crippen molar-refractivity contribution in [2.75, 3.05) is 6.61 Å². The number of nitrogens with zero attached hydrogens (tertiary/aromatic N) is 4. The summed E-state index contributed by atoms with van der Waals surface area (Å²) in [4.78, 5) is 16.7. The minimum atomic E-state index is -1.54. The van der Waals surface area contributed by atoms with E-state index in [1.54, 1.807) is 24.5 Å². The normalized spacial score (nSPS) is 11.5. The van der Waals surface area contributed by atoms with Crippen molar-refractivity contribution in [1.29, 1.82) is 5.26 Å². The minimum absolute atomic E-state index is 0.322. The molecule has 134 valence electrons. The maximum Gasteiger partial charge on any atom is 0.158 e. The maximum absolute atomic E-state index is 14.1. The van der Waals surface area contributed by atoms with E-state index in [-0.39, 0.29) is 0 Å². The average molecular weight is 371 g/mol. The Bertz CT molecular complexity index is 974. The molecule has 0 saturated carbocycles. The topological polar surface area (TPSA) is 87.5 Å². The summed E-state index contributed by atoms with van der Waals surface area (Å²) in [6.07, 6.45) is 4.25. The molecule has 0 radical (unpaired) electrons. The fourth-order valence-corrected chi connectivity index (χ4v) is 2.67. The van der Waals surface area contributed by atoms with Gasteiger partial charge in [0, 0.05) is 11.3 Å². The fraction of sp³-hybridized carbons (Fsp3) is 0.333. The number of rotatable bonds is 6. The molecular formula is C18H18FN5OS. The predicted molar refractivity (Wildman–Crippen MR) is 98.8 cm³/mol. The summed E-state index contributed by atoms with van der Waals surface area (Å²) in [7, 11) is 0. The van der Waals surface area contributed by atoms with Gasteiger partial charge in [0.15, 0.2) is 5.82 Å². The van der Waals surface area contributed by atoms with Gasteiger partial charge in [0.2, 0.25) is 0 Å². The van der Waals surface area contributed by atoms with Crippen molar-refractivity contribution >= 4 is 23.7 Å².